The molecule has 0 fully saturated rings. The summed E-state index contributed by atoms with van der Waals surface area (Å²) in [5, 5.41) is 0.157. The summed E-state index contributed by atoms with van der Waals surface area (Å²) < 4.78 is 23.6. The van der Waals surface area contributed by atoms with Gasteiger partial charge in [0.2, 0.25) is 0 Å². The second-order valence-electron chi connectivity index (χ2n) is 4.39. The Morgan fingerprint density at radius 3 is 2.67 bits per heavy atom. The average Bonchev–Trinajstić information content (AvgIpc) is 2.91. The van der Waals surface area contributed by atoms with E-state index in [0.717, 1.165) is 0 Å². The van der Waals surface area contributed by atoms with Crippen molar-refractivity contribution in [1.29, 1.82) is 0 Å². The number of carbonyl (C=O) groups is 1. The van der Waals surface area contributed by atoms with Crippen molar-refractivity contribution in [1.82, 2.24) is 4.90 Å². The van der Waals surface area contributed by atoms with E-state index < -0.39 is 5.82 Å². The minimum absolute atomic E-state index is 0.157. The van der Waals surface area contributed by atoms with Gasteiger partial charge in [-0.25, -0.2) is 4.39 Å². The first-order chi connectivity index (χ1) is 10.0. The molecule has 0 spiro atoms. The van der Waals surface area contributed by atoms with E-state index >= 15 is 0 Å². The molecule has 0 aliphatic rings. The van der Waals surface area contributed by atoms with Crippen molar-refractivity contribution in [2.45, 2.75) is 13.5 Å². The lowest BCUT2D eigenvalue weighted by molar-refractivity contribution is 0.0720. The summed E-state index contributed by atoms with van der Waals surface area (Å²) in [5.74, 6) is -0.415. The van der Waals surface area contributed by atoms with Gasteiger partial charge >= 0.3 is 0 Å². The molecule has 1 amide bonds. The van der Waals surface area contributed by atoms with Crippen molar-refractivity contribution in [2.75, 3.05) is 13.7 Å². The topological polar surface area (TPSA) is 42.7 Å². The van der Waals surface area contributed by atoms with Gasteiger partial charge in [0.05, 0.1) is 7.11 Å². The summed E-state index contributed by atoms with van der Waals surface area (Å²) in [6.07, 6.45) is 0. The molecule has 2 rings (SSSR count). The van der Waals surface area contributed by atoms with Crippen molar-refractivity contribution in [3.63, 3.8) is 0 Å². The number of benzene rings is 1. The van der Waals surface area contributed by atoms with Crippen LogP contribution >= 0.6 is 11.6 Å². The van der Waals surface area contributed by atoms with E-state index in [2.05, 4.69) is 0 Å². The molecule has 2 aromatic rings. The van der Waals surface area contributed by atoms with E-state index in [1.54, 1.807) is 6.07 Å². The quantitative estimate of drug-likeness (QED) is 0.844. The molecule has 0 unspecified atom stereocenters. The molecule has 6 heteroatoms. The number of hydrogen-bond acceptors (Lipinski definition) is 3. The molecular weight excluding hydrogens is 297 g/mol. The lowest BCUT2D eigenvalue weighted by Gasteiger charge is -2.20. The van der Waals surface area contributed by atoms with E-state index in [9.17, 15) is 9.18 Å². The van der Waals surface area contributed by atoms with Crippen LogP contribution in [0.3, 0.4) is 0 Å². The van der Waals surface area contributed by atoms with Gasteiger partial charge in [0, 0.05) is 13.1 Å². The van der Waals surface area contributed by atoms with E-state index in [1.165, 1.54) is 36.3 Å². The first-order valence-corrected chi connectivity index (χ1v) is 6.80. The molecule has 0 N–H and O–H groups in total. The highest BCUT2D eigenvalue weighted by Crippen LogP contribution is 2.20. The van der Waals surface area contributed by atoms with Gasteiger partial charge < -0.3 is 14.1 Å². The van der Waals surface area contributed by atoms with Gasteiger partial charge in [-0.15, -0.1) is 0 Å². The van der Waals surface area contributed by atoms with E-state index in [-0.39, 0.29) is 29.2 Å². The monoisotopic (exact) mass is 311 g/mol. The molecule has 21 heavy (non-hydrogen) atoms. The Labute approximate surface area is 127 Å². The average molecular weight is 312 g/mol. The molecule has 0 atom stereocenters. The minimum Gasteiger partial charge on any atom is -0.494 e. The molecule has 4 nitrogen and oxygen atoms in total. The summed E-state index contributed by atoms with van der Waals surface area (Å²) in [6, 6.07) is 7.63. The molecule has 0 bridgehead atoms. The van der Waals surface area contributed by atoms with Crippen LogP contribution in [0.5, 0.6) is 5.75 Å². The number of furan rings is 1. The number of halogens is 2. The zero-order valence-corrected chi connectivity index (χ0v) is 12.5. The van der Waals surface area contributed by atoms with Gasteiger partial charge in [-0.2, -0.15) is 0 Å². The van der Waals surface area contributed by atoms with Crippen molar-refractivity contribution < 1.29 is 18.3 Å². The van der Waals surface area contributed by atoms with Gasteiger partial charge in [0.25, 0.3) is 5.91 Å². The molecule has 0 aliphatic heterocycles. The molecule has 0 saturated carbocycles. The number of methoxy groups -OCH3 is 1. The molecule has 0 radical (unpaired) electrons. The van der Waals surface area contributed by atoms with Crippen molar-refractivity contribution >= 4 is 17.5 Å². The van der Waals surface area contributed by atoms with Crippen LogP contribution in [-0.2, 0) is 6.54 Å². The van der Waals surface area contributed by atoms with Crippen LogP contribution in [0.2, 0.25) is 5.22 Å². The Balaban J connectivity index is 2.15. The molecule has 112 valence electrons. The predicted octanol–water partition coefficient (Wildman–Crippen LogP) is 3.74. The lowest BCUT2D eigenvalue weighted by atomic mass is 10.2. The highest BCUT2D eigenvalue weighted by atomic mass is 35.5. The maximum atomic E-state index is 13.7. The van der Waals surface area contributed by atoms with Gasteiger partial charge in [-0.1, -0.05) is 6.07 Å². The van der Waals surface area contributed by atoms with Gasteiger partial charge in [0.1, 0.15) is 0 Å². The van der Waals surface area contributed by atoms with E-state index in [4.69, 9.17) is 20.8 Å². The Bertz CT molecular complexity index is 642. The fourth-order valence-corrected chi connectivity index (χ4v) is 2.09. The molecular formula is C15H15ClFNO3. The largest absolute Gasteiger partial charge is 0.494 e. The number of hydrogen-bond donors (Lipinski definition) is 0. The van der Waals surface area contributed by atoms with E-state index in [1.807, 2.05) is 6.92 Å². The maximum Gasteiger partial charge on any atom is 0.289 e. The highest BCUT2D eigenvalue weighted by molar-refractivity contribution is 6.29. The van der Waals surface area contributed by atoms with Crippen LogP contribution in [0, 0.1) is 5.82 Å². The zero-order valence-electron chi connectivity index (χ0n) is 11.7. The molecule has 0 saturated heterocycles. The van der Waals surface area contributed by atoms with E-state index in [0.29, 0.717) is 12.1 Å². The minimum atomic E-state index is -0.459. The van der Waals surface area contributed by atoms with Crippen molar-refractivity contribution in [3.05, 3.63) is 52.7 Å². The Morgan fingerprint density at radius 2 is 2.14 bits per heavy atom. The third-order valence-electron chi connectivity index (χ3n) is 3.04. The standard InChI is InChI=1S/C15H15ClFNO3/c1-3-18(15(19)13-6-7-14(16)21-13)9-10-4-5-12(20-2)11(17)8-10/h4-8H,3,9H2,1-2H3. The predicted molar refractivity (Wildman–Crippen MR) is 77.1 cm³/mol. The van der Waals surface area contributed by atoms with Gasteiger partial charge in [0.15, 0.2) is 22.5 Å². The van der Waals surface area contributed by atoms with Crippen molar-refractivity contribution in [2.24, 2.45) is 0 Å². The third kappa shape index (κ3) is 3.55. The second kappa shape index (κ2) is 6.63. The number of ether oxygens (including phenoxy) is 1. The van der Waals surface area contributed by atoms with Crippen LogP contribution in [0.4, 0.5) is 4.39 Å². The normalized spacial score (nSPS) is 10.5. The first-order valence-electron chi connectivity index (χ1n) is 6.42. The van der Waals surface area contributed by atoms with Gasteiger partial charge in [-0.05, 0) is 48.4 Å². The molecule has 0 aliphatic carbocycles. The van der Waals surface area contributed by atoms with Crippen LogP contribution in [-0.4, -0.2) is 24.5 Å². The third-order valence-corrected chi connectivity index (χ3v) is 3.25. The maximum absolute atomic E-state index is 13.7. The second-order valence-corrected chi connectivity index (χ2v) is 4.76. The summed E-state index contributed by atoms with van der Waals surface area (Å²) >= 11 is 5.67. The van der Waals surface area contributed by atoms with Crippen LogP contribution in [0.15, 0.2) is 34.7 Å². The smallest absolute Gasteiger partial charge is 0.289 e. The summed E-state index contributed by atoms with van der Waals surface area (Å²) in [4.78, 5) is 13.8. The highest BCUT2D eigenvalue weighted by Gasteiger charge is 2.18. The van der Waals surface area contributed by atoms with Crippen LogP contribution < -0.4 is 4.74 Å². The summed E-state index contributed by atoms with van der Waals surface area (Å²) in [6.45, 7) is 2.57. The fourth-order valence-electron chi connectivity index (χ4n) is 1.94. The number of carbonyl (C=O) groups excluding carboxylic acids is 1. The number of amides is 1. The van der Waals surface area contributed by atoms with Crippen LogP contribution in [0.25, 0.3) is 0 Å². The number of rotatable bonds is 5. The summed E-state index contributed by atoms with van der Waals surface area (Å²) in [7, 11) is 1.40. The molecule has 1 aromatic heterocycles. The molecule has 1 aromatic carbocycles. The van der Waals surface area contributed by atoms with Crippen LogP contribution in [0.1, 0.15) is 23.0 Å². The van der Waals surface area contributed by atoms with Gasteiger partial charge in [-0.3, -0.25) is 4.79 Å². The summed E-state index contributed by atoms with van der Waals surface area (Å²) in [5.41, 5.74) is 0.668. The Morgan fingerprint density at radius 1 is 1.38 bits per heavy atom. The van der Waals surface area contributed by atoms with Crippen molar-refractivity contribution in [3.8, 4) is 5.75 Å². The molecule has 1 heterocycles. The zero-order chi connectivity index (χ0) is 15.4. The Hall–Kier alpha value is -2.01. The number of nitrogens with zero attached hydrogens (tertiary/aromatic N) is 1. The lowest BCUT2D eigenvalue weighted by Crippen LogP contribution is -2.30. The first kappa shape index (κ1) is 15.4. The fraction of sp³-hybridized carbons (Fsp3) is 0.267. The Kier molecular flexibility index (Phi) is 4.85. The SMILES string of the molecule is CCN(Cc1ccc(OC)c(F)c1)C(=O)c1ccc(Cl)o1.